The molecule has 1 amide bonds. The molecule has 2 N–H and O–H groups in total. The first-order valence-electron chi connectivity index (χ1n) is 7.32. The molecule has 108 valence electrons. The lowest BCUT2D eigenvalue weighted by atomic mass is 9.82. The molecule has 5 nitrogen and oxygen atoms in total. The molecule has 0 aromatic heterocycles. The number of nitrogens with zero attached hydrogens (tertiary/aromatic N) is 1. The Bertz CT molecular complexity index is 353. The molecule has 2 fully saturated rings. The van der Waals surface area contributed by atoms with Crippen molar-refractivity contribution in [2.24, 2.45) is 11.3 Å². The van der Waals surface area contributed by atoms with Crippen molar-refractivity contribution in [3.05, 3.63) is 0 Å². The minimum absolute atomic E-state index is 0.0903. The molecule has 2 aliphatic rings. The highest BCUT2D eigenvalue weighted by Crippen LogP contribution is 2.36. The maximum Gasteiger partial charge on any atom is 0.311 e. The van der Waals surface area contributed by atoms with E-state index in [0.29, 0.717) is 25.9 Å². The molecular weight excluding hydrogens is 244 g/mol. The maximum atomic E-state index is 12.4. The fourth-order valence-corrected chi connectivity index (χ4v) is 3.35. The van der Waals surface area contributed by atoms with Gasteiger partial charge in [-0.25, -0.2) is 0 Å². The predicted molar refractivity (Wildman–Crippen MR) is 71.8 cm³/mol. The van der Waals surface area contributed by atoms with Crippen LogP contribution in [0.5, 0.6) is 0 Å². The quantitative estimate of drug-likeness (QED) is 0.801. The van der Waals surface area contributed by atoms with Gasteiger partial charge in [-0.05, 0) is 38.8 Å². The number of carboxylic acid groups (broad SMARTS) is 1. The van der Waals surface area contributed by atoms with Gasteiger partial charge in [0.05, 0.1) is 5.41 Å². The average molecular weight is 268 g/mol. The van der Waals surface area contributed by atoms with E-state index in [4.69, 9.17) is 0 Å². The number of piperidine rings is 1. The minimum Gasteiger partial charge on any atom is -0.481 e. The van der Waals surface area contributed by atoms with Crippen molar-refractivity contribution in [1.29, 1.82) is 0 Å². The Kier molecular flexibility index (Phi) is 4.45. The standard InChI is InChI=1S/C14H24N2O3/c1-2-5-14(13(18)19)6-9-16(10-14)12(17)11-3-7-15-8-4-11/h11,15H,2-10H2,1H3,(H,18,19). The van der Waals surface area contributed by atoms with E-state index in [-0.39, 0.29) is 11.8 Å². The zero-order chi connectivity index (χ0) is 13.9. The van der Waals surface area contributed by atoms with Crippen molar-refractivity contribution in [2.75, 3.05) is 26.2 Å². The van der Waals surface area contributed by atoms with E-state index in [9.17, 15) is 14.7 Å². The summed E-state index contributed by atoms with van der Waals surface area (Å²) in [6, 6.07) is 0. The Labute approximate surface area is 114 Å². The van der Waals surface area contributed by atoms with E-state index in [2.05, 4.69) is 5.32 Å². The number of nitrogens with one attached hydrogen (secondary N) is 1. The van der Waals surface area contributed by atoms with Crippen LogP contribution in [0.1, 0.15) is 39.0 Å². The summed E-state index contributed by atoms with van der Waals surface area (Å²) in [4.78, 5) is 25.7. The summed E-state index contributed by atoms with van der Waals surface area (Å²) in [6.45, 7) is 4.79. The van der Waals surface area contributed by atoms with Gasteiger partial charge in [0.1, 0.15) is 0 Å². The number of amides is 1. The number of hydrogen-bond acceptors (Lipinski definition) is 3. The van der Waals surface area contributed by atoms with Crippen molar-refractivity contribution >= 4 is 11.9 Å². The van der Waals surface area contributed by atoms with Gasteiger partial charge < -0.3 is 15.3 Å². The second-order valence-electron chi connectivity index (χ2n) is 5.87. The number of likely N-dealkylation sites (tertiary alicyclic amines) is 1. The zero-order valence-corrected chi connectivity index (χ0v) is 11.7. The normalized spacial score (nSPS) is 28.6. The first-order chi connectivity index (χ1) is 9.09. The molecule has 0 aromatic carbocycles. The monoisotopic (exact) mass is 268 g/mol. The summed E-state index contributed by atoms with van der Waals surface area (Å²) in [5.74, 6) is -0.483. The second-order valence-corrected chi connectivity index (χ2v) is 5.87. The molecule has 2 saturated heterocycles. The SMILES string of the molecule is CCCC1(C(=O)O)CCN(C(=O)C2CCNCC2)C1. The first kappa shape index (κ1) is 14.3. The van der Waals surface area contributed by atoms with Gasteiger partial charge in [-0.2, -0.15) is 0 Å². The summed E-state index contributed by atoms with van der Waals surface area (Å²) < 4.78 is 0. The van der Waals surface area contributed by atoms with Crippen molar-refractivity contribution in [3.8, 4) is 0 Å². The van der Waals surface area contributed by atoms with Crippen LogP contribution >= 0.6 is 0 Å². The molecule has 2 rings (SSSR count). The van der Waals surface area contributed by atoms with Gasteiger partial charge in [-0.1, -0.05) is 13.3 Å². The van der Waals surface area contributed by atoms with E-state index in [1.807, 2.05) is 6.92 Å². The molecule has 0 saturated carbocycles. The Morgan fingerprint density at radius 2 is 2.05 bits per heavy atom. The average Bonchev–Trinajstić information content (AvgIpc) is 2.85. The van der Waals surface area contributed by atoms with Crippen molar-refractivity contribution in [1.82, 2.24) is 10.2 Å². The predicted octanol–water partition coefficient (Wildman–Crippen LogP) is 1.09. The van der Waals surface area contributed by atoms with Crippen LogP contribution in [0.2, 0.25) is 0 Å². The van der Waals surface area contributed by atoms with Gasteiger partial charge in [0.15, 0.2) is 0 Å². The van der Waals surface area contributed by atoms with Gasteiger partial charge in [0.2, 0.25) is 5.91 Å². The van der Waals surface area contributed by atoms with Crippen LogP contribution in [0.3, 0.4) is 0 Å². The molecular formula is C14H24N2O3. The van der Waals surface area contributed by atoms with E-state index in [1.54, 1.807) is 4.90 Å². The van der Waals surface area contributed by atoms with Crippen LogP contribution < -0.4 is 5.32 Å². The van der Waals surface area contributed by atoms with Gasteiger partial charge in [-0.15, -0.1) is 0 Å². The summed E-state index contributed by atoms with van der Waals surface area (Å²) in [6.07, 6.45) is 3.87. The number of rotatable bonds is 4. The molecule has 2 heterocycles. The van der Waals surface area contributed by atoms with Crippen molar-refractivity contribution in [3.63, 3.8) is 0 Å². The smallest absolute Gasteiger partial charge is 0.311 e. The summed E-state index contributed by atoms with van der Waals surface area (Å²) in [7, 11) is 0. The lowest BCUT2D eigenvalue weighted by Crippen LogP contribution is -2.42. The van der Waals surface area contributed by atoms with Gasteiger partial charge in [0, 0.05) is 19.0 Å². The fraction of sp³-hybridized carbons (Fsp3) is 0.857. The zero-order valence-electron chi connectivity index (χ0n) is 11.7. The van der Waals surface area contributed by atoms with Crippen molar-refractivity contribution in [2.45, 2.75) is 39.0 Å². The maximum absolute atomic E-state index is 12.4. The summed E-state index contributed by atoms with van der Waals surface area (Å²) >= 11 is 0. The number of aliphatic carboxylic acids is 1. The summed E-state index contributed by atoms with van der Waals surface area (Å²) in [5, 5.41) is 12.7. The number of carbonyl (C=O) groups is 2. The molecule has 1 atom stereocenters. The molecule has 0 aromatic rings. The van der Waals surface area contributed by atoms with Crippen LogP contribution in [0.15, 0.2) is 0 Å². The Balaban J connectivity index is 1.99. The Morgan fingerprint density at radius 1 is 1.37 bits per heavy atom. The highest BCUT2D eigenvalue weighted by Gasteiger charge is 2.46. The first-order valence-corrected chi connectivity index (χ1v) is 7.32. The highest BCUT2D eigenvalue weighted by atomic mass is 16.4. The van der Waals surface area contributed by atoms with Crippen LogP contribution in [0.25, 0.3) is 0 Å². The second kappa shape index (κ2) is 5.90. The molecule has 0 bridgehead atoms. The molecule has 0 aliphatic carbocycles. The molecule has 2 aliphatic heterocycles. The van der Waals surface area contributed by atoms with Crippen LogP contribution in [0, 0.1) is 11.3 Å². The van der Waals surface area contributed by atoms with Crippen LogP contribution in [-0.4, -0.2) is 48.1 Å². The van der Waals surface area contributed by atoms with E-state index in [0.717, 1.165) is 32.4 Å². The Morgan fingerprint density at radius 3 is 2.63 bits per heavy atom. The van der Waals surface area contributed by atoms with Crippen LogP contribution in [-0.2, 0) is 9.59 Å². The molecule has 1 unspecified atom stereocenters. The van der Waals surface area contributed by atoms with E-state index in [1.165, 1.54) is 0 Å². The van der Waals surface area contributed by atoms with Crippen molar-refractivity contribution < 1.29 is 14.7 Å². The van der Waals surface area contributed by atoms with E-state index < -0.39 is 11.4 Å². The van der Waals surface area contributed by atoms with Gasteiger partial charge in [0.25, 0.3) is 0 Å². The molecule has 0 spiro atoms. The third-order valence-corrected chi connectivity index (χ3v) is 4.54. The number of carboxylic acids is 1. The van der Waals surface area contributed by atoms with Gasteiger partial charge in [-0.3, -0.25) is 9.59 Å². The summed E-state index contributed by atoms with van der Waals surface area (Å²) in [5.41, 5.74) is -0.697. The van der Waals surface area contributed by atoms with E-state index >= 15 is 0 Å². The molecule has 19 heavy (non-hydrogen) atoms. The number of hydrogen-bond donors (Lipinski definition) is 2. The largest absolute Gasteiger partial charge is 0.481 e. The number of carbonyl (C=O) groups excluding carboxylic acids is 1. The van der Waals surface area contributed by atoms with Gasteiger partial charge >= 0.3 is 5.97 Å². The molecule has 0 radical (unpaired) electrons. The highest BCUT2D eigenvalue weighted by molar-refractivity contribution is 5.82. The Hall–Kier alpha value is -1.10. The molecule has 5 heteroatoms. The lowest BCUT2D eigenvalue weighted by Gasteiger charge is -2.28. The third-order valence-electron chi connectivity index (χ3n) is 4.54. The fourth-order valence-electron chi connectivity index (χ4n) is 3.35. The third kappa shape index (κ3) is 2.91. The minimum atomic E-state index is -0.741. The lowest BCUT2D eigenvalue weighted by molar-refractivity contribution is -0.149. The van der Waals surface area contributed by atoms with Crippen LogP contribution in [0.4, 0.5) is 0 Å². The topological polar surface area (TPSA) is 69.6 Å².